The molecular formula is C22H18FNO7. The maximum absolute atomic E-state index is 13.0. The Kier molecular flexibility index (Phi) is 7.40. The second kappa shape index (κ2) is 9.97. The number of carbonyl (C=O) groups is 2. The Morgan fingerprint density at radius 1 is 0.968 bits per heavy atom. The maximum Gasteiger partial charge on any atom is 0.338 e. The summed E-state index contributed by atoms with van der Waals surface area (Å²) < 4.78 is 18.6. The topological polar surface area (TPSA) is 127 Å². The minimum atomic E-state index is -1.47. The SMILES string of the molecule is Cc1c(C(=O)O)ccc(F)c1C(=O)O.Cc1cc([N+](=O)[O-])ccc1Oc1ccccc1. The molecule has 31 heavy (non-hydrogen) atoms. The Hall–Kier alpha value is -4.27. The Bertz CT molecular complexity index is 1130. The molecule has 0 unspecified atom stereocenters. The number of aromatic carboxylic acids is 2. The van der Waals surface area contributed by atoms with E-state index in [1.54, 1.807) is 13.0 Å². The van der Waals surface area contributed by atoms with Gasteiger partial charge >= 0.3 is 11.9 Å². The van der Waals surface area contributed by atoms with Crippen molar-refractivity contribution in [3.63, 3.8) is 0 Å². The van der Waals surface area contributed by atoms with Gasteiger partial charge in [-0.25, -0.2) is 14.0 Å². The molecule has 160 valence electrons. The van der Waals surface area contributed by atoms with Crippen molar-refractivity contribution in [2.45, 2.75) is 13.8 Å². The van der Waals surface area contributed by atoms with Gasteiger partial charge in [0.25, 0.3) is 5.69 Å². The summed E-state index contributed by atoms with van der Waals surface area (Å²) in [6.07, 6.45) is 0. The van der Waals surface area contributed by atoms with Crippen LogP contribution < -0.4 is 4.74 Å². The molecule has 0 aliphatic rings. The minimum Gasteiger partial charge on any atom is -0.478 e. The minimum absolute atomic E-state index is 0.0721. The third kappa shape index (κ3) is 5.86. The van der Waals surface area contributed by atoms with E-state index in [0.717, 1.165) is 17.7 Å². The zero-order chi connectivity index (χ0) is 23.1. The highest BCUT2D eigenvalue weighted by atomic mass is 19.1. The van der Waals surface area contributed by atoms with E-state index in [9.17, 15) is 24.1 Å². The van der Waals surface area contributed by atoms with Gasteiger partial charge in [-0.05, 0) is 55.3 Å². The normalized spacial score (nSPS) is 9.90. The summed E-state index contributed by atoms with van der Waals surface area (Å²) in [5, 5.41) is 27.9. The van der Waals surface area contributed by atoms with Crippen LogP contribution in [-0.2, 0) is 0 Å². The van der Waals surface area contributed by atoms with Crippen molar-refractivity contribution in [3.05, 3.63) is 98.8 Å². The van der Waals surface area contributed by atoms with Gasteiger partial charge in [-0.15, -0.1) is 0 Å². The lowest BCUT2D eigenvalue weighted by molar-refractivity contribution is -0.384. The van der Waals surface area contributed by atoms with E-state index >= 15 is 0 Å². The molecule has 0 radical (unpaired) electrons. The van der Waals surface area contributed by atoms with Crippen molar-refractivity contribution in [2.24, 2.45) is 0 Å². The van der Waals surface area contributed by atoms with E-state index in [0.29, 0.717) is 11.5 Å². The standard InChI is InChI=1S/C13H11NO3.C9H7FO4/c1-10-9-11(14(15)16)7-8-13(10)17-12-5-3-2-4-6-12;1-4-5(8(11)12)2-3-6(10)7(4)9(13)14/h2-9H,1H3;2-3H,1H3,(H,11,12)(H,13,14). The lowest BCUT2D eigenvalue weighted by Gasteiger charge is -2.07. The molecule has 2 N–H and O–H groups in total. The number of ether oxygens (including phenoxy) is 1. The Morgan fingerprint density at radius 3 is 2.13 bits per heavy atom. The first-order valence-electron chi connectivity index (χ1n) is 8.85. The van der Waals surface area contributed by atoms with Crippen LogP contribution in [-0.4, -0.2) is 27.1 Å². The molecule has 9 heteroatoms. The summed E-state index contributed by atoms with van der Waals surface area (Å²) in [6.45, 7) is 3.04. The van der Waals surface area contributed by atoms with Crippen molar-refractivity contribution in [1.82, 2.24) is 0 Å². The summed E-state index contributed by atoms with van der Waals surface area (Å²) in [4.78, 5) is 31.3. The number of halogens is 1. The summed E-state index contributed by atoms with van der Waals surface area (Å²) in [5.74, 6) is -2.33. The molecule has 0 aromatic heterocycles. The van der Waals surface area contributed by atoms with Gasteiger partial charge in [-0.2, -0.15) is 0 Å². The molecule has 0 bridgehead atoms. The smallest absolute Gasteiger partial charge is 0.338 e. The number of nitro benzene ring substituents is 1. The number of nitrogens with zero attached hydrogens (tertiary/aromatic N) is 1. The van der Waals surface area contributed by atoms with Crippen LogP contribution in [0.5, 0.6) is 11.5 Å². The second-order valence-electron chi connectivity index (χ2n) is 6.33. The number of nitro groups is 1. The van der Waals surface area contributed by atoms with Crippen LogP contribution in [0.1, 0.15) is 31.8 Å². The van der Waals surface area contributed by atoms with Crippen LogP contribution in [0.15, 0.2) is 60.7 Å². The van der Waals surface area contributed by atoms with E-state index in [1.807, 2.05) is 30.3 Å². The van der Waals surface area contributed by atoms with E-state index in [4.69, 9.17) is 14.9 Å². The summed E-state index contributed by atoms with van der Waals surface area (Å²) >= 11 is 0. The van der Waals surface area contributed by atoms with Crippen LogP contribution in [0.4, 0.5) is 10.1 Å². The van der Waals surface area contributed by atoms with Crippen LogP contribution in [0, 0.1) is 29.8 Å². The fraction of sp³-hybridized carbons (Fsp3) is 0.0909. The number of carboxylic acids is 2. The van der Waals surface area contributed by atoms with Crippen molar-refractivity contribution >= 4 is 17.6 Å². The third-order valence-electron chi connectivity index (χ3n) is 4.20. The number of aryl methyl sites for hydroxylation is 1. The highest BCUT2D eigenvalue weighted by Crippen LogP contribution is 2.27. The van der Waals surface area contributed by atoms with E-state index in [-0.39, 0.29) is 16.8 Å². The predicted octanol–water partition coefficient (Wildman–Crippen LogP) is 5.23. The fourth-order valence-electron chi connectivity index (χ4n) is 2.65. The van der Waals surface area contributed by atoms with Gasteiger partial charge in [0.05, 0.1) is 16.1 Å². The first-order chi connectivity index (χ1) is 14.6. The molecule has 0 spiro atoms. The van der Waals surface area contributed by atoms with Gasteiger partial charge in [-0.3, -0.25) is 10.1 Å². The van der Waals surface area contributed by atoms with Crippen LogP contribution in [0.25, 0.3) is 0 Å². The maximum atomic E-state index is 13.0. The molecule has 0 saturated heterocycles. The molecule has 3 rings (SSSR count). The molecular weight excluding hydrogens is 409 g/mol. The highest BCUT2D eigenvalue weighted by molar-refractivity contribution is 5.96. The largest absolute Gasteiger partial charge is 0.478 e. The molecule has 0 amide bonds. The molecule has 0 aliphatic heterocycles. The number of para-hydroxylation sites is 1. The number of rotatable bonds is 5. The van der Waals surface area contributed by atoms with Crippen molar-refractivity contribution in [2.75, 3.05) is 0 Å². The van der Waals surface area contributed by atoms with Gasteiger partial charge in [0.15, 0.2) is 0 Å². The highest BCUT2D eigenvalue weighted by Gasteiger charge is 2.19. The monoisotopic (exact) mass is 427 g/mol. The van der Waals surface area contributed by atoms with Crippen molar-refractivity contribution in [3.8, 4) is 11.5 Å². The quantitative estimate of drug-likeness (QED) is 0.422. The molecule has 8 nitrogen and oxygen atoms in total. The van der Waals surface area contributed by atoms with Crippen LogP contribution in [0.2, 0.25) is 0 Å². The molecule has 3 aromatic rings. The van der Waals surface area contributed by atoms with E-state index in [1.165, 1.54) is 19.1 Å². The number of hydrogen-bond donors (Lipinski definition) is 2. The van der Waals surface area contributed by atoms with Crippen LogP contribution >= 0.6 is 0 Å². The molecule has 0 aliphatic carbocycles. The van der Waals surface area contributed by atoms with Gasteiger partial charge in [0.2, 0.25) is 0 Å². The zero-order valence-electron chi connectivity index (χ0n) is 16.5. The summed E-state index contributed by atoms with van der Waals surface area (Å²) in [5.41, 5.74) is -0.0651. The molecule has 0 saturated carbocycles. The van der Waals surface area contributed by atoms with E-state index < -0.39 is 28.2 Å². The van der Waals surface area contributed by atoms with Gasteiger partial charge < -0.3 is 14.9 Å². The predicted molar refractivity (Wildman–Crippen MR) is 109 cm³/mol. The Morgan fingerprint density at radius 2 is 1.61 bits per heavy atom. The molecule has 0 fully saturated rings. The first-order valence-corrected chi connectivity index (χ1v) is 8.85. The molecule has 0 atom stereocenters. The average Bonchev–Trinajstić information content (AvgIpc) is 2.70. The lowest BCUT2D eigenvalue weighted by atomic mass is 10.0. The van der Waals surface area contributed by atoms with Crippen molar-refractivity contribution in [1.29, 1.82) is 0 Å². The van der Waals surface area contributed by atoms with Gasteiger partial charge in [-0.1, -0.05) is 18.2 Å². The van der Waals surface area contributed by atoms with Crippen LogP contribution in [0.3, 0.4) is 0 Å². The average molecular weight is 427 g/mol. The summed E-state index contributed by atoms with van der Waals surface area (Å²) in [7, 11) is 0. The Labute approximate surface area is 176 Å². The summed E-state index contributed by atoms with van der Waals surface area (Å²) in [6, 6.07) is 15.7. The lowest BCUT2D eigenvalue weighted by Crippen LogP contribution is -2.09. The van der Waals surface area contributed by atoms with Crippen molar-refractivity contribution < 1.29 is 33.9 Å². The molecule has 0 heterocycles. The van der Waals surface area contributed by atoms with Gasteiger partial charge in [0.1, 0.15) is 17.3 Å². The number of benzene rings is 3. The zero-order valence-corrected chi connectivity index (χ0v) is 16.5. The van der Waals surface area contributed by atoms with E-state index in [2.05, 4.69) is 0 Å². The molecule has 3 aromatic carbocycles. The number of hydrogen-bond acceptors (Lipinski definition) is 5. The second-order valence-corrected chi connectivity index (χ2v) is 6.33. The fourth-order valence-corrected chi connectivity index (χ4v) is 2.65. The number of carboxylic acid groups (broad SMARTS) is 2. The number of non-ortho nitro benzene ring substituents is 1. The third-order valence-corrected chi connectivity index (χ3v) is 4.20. The Balaban J connectivity index is 0.000000225. The van der Waals surface area contributed by atoms with Gasteiger partial charge in [0, 0.05) is 12.1 Å². The first kappa shape index (κ1) is 23.0.